The van der Waals surface area contributed by atoms with Crippen LogP contribution in [0, 0.1) is 11.3 Å². The lowest BCUT2D eigenvalue weighted by atomic mass is 10.2. The van der Waals surface area contributed by atoms with Gasteiger partial charge in [0, 0.05) is 17.9 Å². The second kappa shape index (κ2) is 5.90. The Kier molecular flexibility index (Phi) is 4.51. The zero-order chi connectivity index (χ0) is 11.4. The first-order chi connectivity index (χ1) is 7.79. The molecule has 3 nitrogen and oxygen atoms in total. The molecule has 3 unspecified atom stereocenters. The van der Waals surface area contributed by atoms with Crippen molar-refractivity contribution in [1.82, 2.24) is 5.32 Å². The highest BCUT2D eigenvalue weighted by Crippen LogP contribution is 2.27. The maximum atomic E-state index is 9.00. The lowest BCUT2D eigenvalue weighted by Gasteiger charge is -2.15. The van der Waals surface area contributed by atoms with Crippen molar-refractivity contribution < 1.29 is 4.74 Å². The van der Waals surface area contributed by atoms with Crippen LogP contribution in [0.3, 0.4) is 0 Å². The Morgan fingerprint density at radius 2 is 2.31 bits per heavy atom. The smallest absolute Gasteiger partial charge is 0.0963 e. The number of nitrogens with zero attached hydrogens (tertiary/aromatic N) is 1. The van der Waals surface area contributed by atoms with Gasteiger partial charge in [0.1, 0.15) is 0 Å². The zero-order valence-corrected chi connectivity index (χ0v) is 10.6. The third-order valence-corrected chi connectivity index (χ3v) is 4.73. The van der Waals surface area contributed by atoms with E-state index in [-0.39, 0.29) is 6.04 Å². The van der Waals surface area contributed by atoms with Crippen molar-refractivity contribution in [3.8, 4) is 6.07 Å². The summed E-state index contributed by atoms with van der Waals surface area (Å²) in [6.45, 7) is 3.05. The molecule has 1 heterocycles. The average molecular weight is 240 g/mol. The second-order valence-corrected chi connectivity index (χ2v) is 6.03. The molecule has 0 aromatic heterocycles. The Bertz CT molecular complexity index is 262. The van der Waals surface area contributed by atoms with Gasteiger partial charge in [0.05, 0.1) is 18.2 Å². The van der Waals surface area contributed by atoms with Gasteiger partial charge in [-0.3, -0.25) is 5.32 Å². The van der Waals surface area contributed by atoms with Crippen LogP contribution in [0.15, 0.2) is 0 Å². The van der Waals surface area contributed by atoms with Crippen molar-refractivity contribution in [2.75, 3.05) is 12.4 Å². The molecular weight excluding hydrogens is 220 g/mol. The van der Waals surface area contributed by atoms with Crippen molar-refractivity contribution in [3.63, 3.8) is 0 Å². The molecule has 2 aliphatic rings. The first-order valence-electron chi connectivity index (χ1n) is 6.18. The quantitative estimate of drug-likeness (QED) is 0.770. The van der Waals surface area contributed by atoms with E-state index in [1.807, 2.05) is 11.8 Å². The summed E-state index contributed by atoms with van der Waals surface area (Å²) in [4.78, 5) is 0. The van der Waals surface area contributed by atoms with E-state index >= 15 is 0 Å². The van der Waals surface area contributed by atoms with E-state index in [4.69, 9.17) is 10.00 Å². The standard InChI is InChI=1S/C12H20N2OS/c1-9-12(4-6-15-9)16-7-5-11(8-13)14-10-2-3-10/h9-12,14H,2-7H2,1H3. The van der Waals surface area contributed by atoms with Gasteiger partial charge in [-0.2, -0.15) is 17.0 Å². The van der Waals surface area contributed by atoms with Crippen LogP contribution in [-0.4, -0.2) is 35.8 Å². The monoisotopic (exact) mass is 240 g/mol. The number of ether oxygens (including phenoxy) is 1. The normalized spacial score (nSPS) is 31.2. The maximum Gasteiger partial charge on any atom is 0.0963 e. The van der Waals surface area contributed by atoms with Gasteiger partial charge < -0.3 is 4.74 Å². The summed E-state index contributed by atoms with van der Waals surface area (Å²) in [6, 6.07) is 3.04. The van der Waals surface area contributed by atoms with Crippen LogP contribution in [0.25, 0.3) is 0 Å². The first-order valence-corrected chi connectivity index (χ1v) is 7.23. The molecule has 1 saturated heterocycles. The van der Waals surface area contributed by atoms with Crippen LogP contribution in [-0.2, 0) is 4.74 Å². The molecule has 0 spiro atoms. The van der Waals surface area contributed by atoms with Crippen molar-refractivity contribution >= 4 is 11.8 Å². The lowest BCUT2D eigenvalue weighted by Crippen LogP contribution is -2.30. The molecule has 3 atom stereocenters. The summed E-state index contributed by atoms with van der Waals surface area (Å²) in [5.74, 6) is 1.07. The predicted octanol–water partition coefficient (Wildman–Crippen LogP) is 1.93. The molecular formula is C12H20N2OS. The molecule has 2 rings (SSSR count). The largest absolute Gasteiger partial charge is 0.377 e. The molecule has 0 radical (unpaired) electrons. The first kappa shape index (κ1) is 12.2. The number of nitrogens with one attached hydrogen (secondary N) is 1. The molecule has 0 amide bonds. The van der Waals surface area contributed by atoms with E-state index in [0.717, 1.165) is 18.8 Å². The third kappa shape index (κ3) is 3.65. The van der Waals surface area contributed by atoms with E-state index in [1.54, 1.807) is 0 Å². The number of hydrogen-bond acceptors (Lipinski definition) is 4. The number of nitriles is 1. The SMILES string of the molecule is CC1OCCC1SCCC(C#N)NC1CC1. The molecule has 1 N–H and O–H groups in total. The Hall–Kier alpha value is -0.240. The van der Waals surface area contributed by atoms with Gasteiger partial charge in [0.15, 0.2) is 0 Å². The molecule has 1 aliphatic carbocycles. The summed E-state index contributed by atoms with van der Waals surface area (Å²) < 4.78 is 5.52. The average Bonchev–Trinajstić information content (AvgIpc) is 3.01. The summed E-state index contributed by atoms with van der Waals surface area (Å²) in [5, 5.41) is 13.0. The molecule has 90 valence electrons. The number of hydrogen-bond donors (Lipinski definition) is 1. The summed E-state index contributed by atoms with van der Waals surface area (Å²) >= 11 is 1.97. The Morgan fingerprint density at radius 3 is 2.88 bits per heavy atom. The number of thioether (sulfide) groups is 1. The van der Waals surface area contributed by atoms with Gasteiger partial charge in [0.25, 0.3) is 0 Å². The van der Waals surface area contributed by atoms with E-state index in [0.29, 0.717) is 17.4 Å². The van der Waals surface area contributed by atoms with Gasteiger partial charge in [-0.1, -0.05) is 0 Å². The lowest BCUT2D eigenvalue weighted by molar-refractivity contribution is 0.127. The minimum Gasteiger partial charge on any atom is -0.377 e. The molecule has 0 bridgehead atoms. The highest BCUT2D eigenvalue weighted by molar-refractivity contribution is 7.99. The Balaban J connectivity index is 1.60. The molecule has 2 fully saturated rings. The molecule has 0 aromatic rings. The van der Waals surface area contributed by atoms with Crippen LogP contribution in [0.4, 0.5) is 0 Å². The van der Waals surface area contributed by atoms with Crippen LogP contribution in [0.5, 0.6) is 0 Å². The van der Waals surface area contributed by atoms with Crippen LogP contribution < -0.4 is 5.32 Å². The third-order valence-electron chi connectivity index (χ3n) is 3.22. The Labute approximate surface area is 102 Å². The fourth-order valence-corrected chi connectivity index (χ4v) is 3.27. The highest BCUT2D eigenvalue weighted by atomic mass is 32.2. The van der Waals surface area contributed by atoms with Gasteiger partial charge in [-0.05, 0) is 38.4 Å². The van der Waals surface area contributed by atoms with Crippen molar-refractivity contribution in [2.45, 2.75) is 56.0 Å². The fraction of sp³-hybridized carbons (Fsp3) is 0.917. The van der Waals surface area contributed by atoms with Crippen molar-refractivity contribution in [2.24, 2.45) is 0 Å². The summed E-state index contributed by atoms with van der Waals surface area (Å²) in [6.07, 6.45) is 5.01. The Morgan fingerprint density at radius 1 is 1.50 bits per heavy atom. The molecule has 0 aromatic carbocycles. The fourth-order valence-electron chi connectivity index (χ4n) is 1.99. The molecule has 4 heteroatoms. The zero-order valence-electron chi connectivity index (χ0n) is 9.82. The summed E-state index contributed by atoms with van der Waals surface area (Å²) in [7, 11) is 0. The topological polar surface area (TPSA) is 45.0 Å². The van der Waals surface area contributed by atoms with Gasteiger partial charge >= 0.3 is 0 Å². The molecule has 1 saturated carbocycles. The van der Waals surface area contributed by atoms with Gasteiger partial charge in [-0.25, -0.2) is 0 Å². The van der Waals surface area contributed by atoms with Gasteiger partial charge in [0.2, 0.25) is 0 Å². The van der Waals surface area contributed by atoms with Crippen LogP contribution in [0.2, 0.25) is 0 Å². The van der Waals surface area contributed by atoms with Gasteiger partial charge in [-0.15, -0.1) is 0 Å². The van der Waals surface area contributed by atoms with Crippen molar-refractivity contribution in [1.29, 1.82) is 5.26 Å². The maximum absolute atomic E-state index is 9.00. The number of rotatable bonds is 6. The van der Waals surface area contributed by atoms with E-state index in [1.165, 1.54) is 19.3 Å². The van der Waals surface area contributed by atoms with E-state index in [2.05, 4.69) is 18.3 Å². The second-order valence-electron chi connectivity index (χ2n) is 4.69. The molecule has 16 heavy (non-hydrogen) atoms. The molecule has 1 aliphatic heterocycles. The predicted molar refractivity (Wildman–Crippen MR) is 66.5 cm³/mol. The van der Waals surface area contributed by atoms with Crippen molar-refractivity contribution in [3.05, 3.63) is 0 Å². The van der Waals surface area contributed by atoms with Crippen LogP contribution in [0.1, 0.15) is 32.6 Å². The summed E-state index contributed by atoms with van der Waals surface area (Å²) in [5.41, 5.74) is 0. The minimum absolute atomic E-state index is 0.0534. The van der Waals surface area contributed by atoms with E-state index in [9.17, 15) is 0 Å². The highest BCUT2D eigenvalue weighted by Gasteiger charge is 2.26. The van der Waals surface area contributed by atoms with E-state index < -0.39 is 0 Å². The van der Waals surface area contributed by atoms with Crippen LogP contribution >= 0.6 is 11.8 Å². The minimum atomic E-state index is 0.0534.